The number of alkyl halides is 1. The molecule has 0 aliphatic rings. The van der Waals surface area contributed by atoms with Gasteiger partial charge in [0.1, 0.15) is 12.2 Å². The molecular weight excluding hydrogens is 179 g/mol. The molecule has 1 aromatic heterocycles. The fourth-order valence-corrected chi connectivity index (χ4v) is 0.902. The smallest absolute Gasteiger partial charge is 0.342 e. The van der Waals surface area contributed by atoms with Crippen molar-refractivity contribution in [2.75, 3.05) is 13.8 Å². The molecule has 0 aliphatic heterocycles. The van der Waals surface area contributed by atoms with Crippen LogP contribution in [0.1, 0.15) is 10.4 Å². The van der Waals surface area contributed by atoms with Gasteiger partial charge in [-0.25, -0.2) is 9.18 Å². The summed E-state index contributed by atoms with van der Waals surface area (Å²) in [7, 11) is 1.31. The van der Waals surface area contributed by atoms with E-state index in [1.165, 1.54) is 18.0 Å². The number of halogens is 1. The highest BCUT2D eigenvalue weighted by atomic mass is 19.1. The summed E-state index contributed by atoms with van der Waals surface area (Å²) in [5.41, 5.74) is -0.0593. The van der Waals surface area contributed by atoms with Gasteiger partial charge >= 0.3 is 5.97 Å². The Balaban J connectivity index is 2.97. The summed E-state index contributed by atoms with van der Waals surface area (Å²) < 4.78 is 17.8. The Labute approximate surface area is 73.7 Å². The average molecular weight is 188 g/mol. The van der Waals surface area contributed by atoms with Crippen LogP contribution in [-0.2, 0) is 6.54 Å². The fourth-order valence-electron chi connectivity index (χ4n) is 0.902. The molecule has 1 aromatic rings. The predicted molar refractivity (Wildman–Crippen MR) is 41.7 cm³/mol. The van der Waals surface area contributed by atoms with Crippen LogP contribution >= 0.6 is 0 Å². The van der Waals surface area contributed by atoms with E-state index >= 15 is 0 Å². The lowest BCUT2D eigenvalue weighted by Crippen LogP contribution is -1.99. The van der Waals surface area contributed by atoms with E-state index in [0.717, 1.165) is 0 Å². The van der Waals surface area contributed by atoms with Crippen LogP contribution in [0.3, 0.4) is 0 Å². The number of carboxylic acid groups (broad SMARTS) is 1. The topological polar surface area (TPSA) is 64.4 Å². The van der Waals surface area contributed by atoms with Crippen molar-refractivity contribution >= 4 is 5.97 Å². The van der Waals surface area contributed by atoms with Crippen LogP contribution in [0.4, 0.5) is 4.39 Å². The SMILES string of the molecule is COc1nn(CCF)cc1C(=O)O. The van der Waals surface area contributed by atoms with E-state index in [9.17, 15) is 9.18 Å². The molecular formula is C7H9FN2O3. The van der Waals surface area contributed by atoms with E-state index in [1.54, 1.807) is 0 Å². The number of aromatic nitrogens is 2. The number of carboxylic acids is 1. The lowest BCUT2D eigenvalue weighted by Gasteiger charge is -1.94. The summed E-state index contributed by atoms with van der Waals surface area (Å²) in [5, 5.41) is 12.4. The second kappa shape index (κ2) is 3.88. The Morgan fingerprint density at radius 3 is 2.92 bits per heavy atom. The zero-order chi connectivity index (χ0) is 9.84. The Hall–Kier alpha value is -1.59. The maximum Gasteiger partial charge on any atom is 0.342 e. The number of methoxy groups -OCH3 is 1. The molecule has 6 heteroatoms. The van der Waals surface area contributed by atoms with Crippen molar-refractivity contribution in [2.24, 2.45) is 0 Å². The van der Waals surface area contributed by atoms with Crippen LogP contribution in [-0.4, -0.2) is 34.6 Å². The minimum atomic E-state index is -1.14. The third-order valence-electron chi connectivity index (χ3n) is 1.47. The molecule has 72 valence electrons. The summed E-state index contributed by atoms with van der Waals surface area (Å²) in [6.07, 6.45) is 1.24. The summed E-state index contributed by atoms with van der Waals surface area (Å²) >= 11 is 0. The van der Waals surface area contributed by atoms with Gasteiger partial charge in [-0.15, -0.1) is 5.10 Å². The van der Waals surface area contributed by atoms with Crippen LogP contribution in [0.15, 0.2) is 6.20 Å². The van der Waals surface area contributed by atoms with Crippen LogP contribution < -0.4 is 4.74 Å². The molecule has 0 aliphatic carbocycles. The summed E-state index contributed by atoms with van der Waals surface area (Å²) in [5.74, 6) is -1.14. The Morgan fingerprint density at radius 2 is 2.54 bits per heavy atom. The molecule has 0 bridgehead atoms. The first-order valence-corrected chi connectivity index (χ1v) is 3.59. The molecule has 0 spiro atoms. The highest BCUT2D eigenvalue weighted by molar-refractivity contribution is 5.89. The Kier molecular flexibility index (Phi) is 2.84. The molecule has 0 fully saturated rings. The van der Waals surface area contributed by atoms with Gasteiger partial charge in [0, 0.05) is 6.20 Å². The van der Waals surface area contributed by atoms with Gasteiger partial charge in [0.25, 0.3) is 0 Å². The van der Waals surface area contributed by atoms with Gasteiger partial charge in [0.05, 0.1) is 13.7 Å². The van der Waals surface area contributed by atoms with Crippen LogP contribution in [0.25, 0.3) is 0 Å². The van der Waals surface area contributed by atoms with E-state index in [2.05, 4.69) is 5.10 Å². The molecule has 0 radical (unpaired) electrons. The van der Waals surface area contributed by atoms with Gasteiger partial charge in [-0.3, -0.25) is 4.68 Å². The third kappa shape index (κ3) is 1.95. The zero-order valence-electron chi connectivity index (χ0n) is 7.03. The first-order chi connectivity index (χ1) is 6.19. The van der Waals surface area contributed by atoms with Crippen molar-refractivity contribution in [3.05, 3.63) is 11.8 Å². The van der Waals surface area contributed by atoms with Crippen molar-refractivity contribution in [3.8, 4) is 5.88 Å². The summed E-state index contributed by atoms with van der Waals surface area (Å²) in [4.78, 5) is 10.6. The van der Waals surface area contributed by atoms with Gasteiger partial charge in [-0.2, -0.15) is 0 Å². The minimum Gasteiger partial charge on any atom is -0.479 e. The van der Waals surface area contributed by atoms with E-state index < -0.39 is 12.6 Å². The zero-order valence-corrected chi connectivity index (χ0v) is 7.03. The lowest BCUT2D eigenvalue weighted by atomic mass is 10.3. The number of hydrogen-bond acceptors (Lipinski definition) is 3. The number of hydrogen-bond donors (Lipinski definition) is 1. The maximum atomic E-state index is 11.9. The van der Waals surface area contributed by atoms with E-state index in [4.69, 9.17) is 9.84 Å². The van der Waals surface area contributed by atoms with Crippen molar-refractivity contribution in [3.63, 3.8) is 0 Å². The molecule has 1 heterocycles. The van der Waals surface area contributed by atoms with Crippen molar-refractivity contribution in [1.82, 2.24) is 9.78 Å². The van der Waals surface area contributed by atoms with Gasteiger partial charge < -0.3 is 9.84 Å². The number of aryl methyl sites for hydroxylation is 1. The van der Waals surface area contributed by atoms with Crippen LogP contribution in [0, 0.1) is 0 Å². The largest absolute Gasteiger partial charge is 0.479 e. The number of aromatic carboxylic acids is 1. The Morgan fingerprint density at radius 1 is 1.85 bits per heavy atom. The number of nitrogens with zero attached hydrogens (tertiary/aromatic N) is 2. The molecule has 5 nitrogen and oxygen atoms in total. The quantitative estimate of drug-likeness (QED) is 0.749. The average Bonchev–Trinajstić information content (AvgIpc) is 2.48. The highest BCUT2D eigenvalue weighted by Crippen LogP contribution is 2.14. The molecule has 0 aromatic carbocycles. The number of carbonyl (C=O) groups is 1. The normalized spacial score (nSPS) is 10.0. The molecule has 13 heavy (non-hydrogen) atoms. The first kappa shape index (κ1) is 9.50. The lowest BCUT2D eigenvalue weighted by molar-refractivity contribution is 0.0693. The van der Waals surface area contributed by atoms with E-state index in [-0.39, 0.29) is 18.0 Å². The monoisotopic (exact) mass is 188 g/mol. The second-order valence-electron chi connectivity index (χ2n) is 2.31. The minimum absolute atomic E-state index is 0.000880. The van der Waals surface area contributed by atoms with Gasteiger partial charge in [-0.05, 0) is 0 Å². The van der Waals surface area contributed by atoms with Crippen molar-refractivity contribution in [1.29, 1.82) is 0 Å². The standard InChI is InChI=1S/C7H9FN2O3/c1-13-6-5(7(11)12)4-10(9-6)3-2-8/h4H,2-3H2,1H3,(H,11,12). The second-order valence-corrected chi connectivity index (χ2v) is 2.31. The molecule has 1 N–H and O–H groups in total. The predicted octanol–water partition coefficient (Wildman–Crippen LogP) is 0.559. The van der Waals surface area contributed by atoms with Crippen molar-refractivity contribution < 1.29 is 19.0 Å². The maximum absolute atomic E-state index is 11.9. The Bertz CT molecular complexity index is 311. The van der Waals surface area contributed by atoms with Gasteiger partial charge in [0.2, 0.25) is 5.88 Å². The van der Waals surface area contributed by atoms with Gasteiger partial charge in [0.15, 0.2) is 0 Å². The molecule has 0 saturated carbocycles. The summed E-state index contributed by atoms with van der Waals surface area (Å²) in [6, 6.07) is 0. The van der Waals surface area contributed by atoms with Crippen LogP contribution in [0.2, 0.25) is 0 Å². The molecule has 0 saturated heterocycles. The molecule has 1 rings (SSSR count). The molecule has 0 amide bonds. The molecule has 0 unspecified atom stereocenters. The fraction of sp³-hybridized carbons (Fsp3) is 0.429. The van der Waals surface area contributed by atoms with Gasteiger partial charge in [-0.1, -0.05) is 0 Å². The van der Waals surface area contributed by atoms with E-state index in [0.29, 0.717) is 0 Å². The third-order valence-corrected chi connectivity index (χ3v) is 1.47. The van der Waals surface area contributed by atoms with Crippen molar-refractivity contribution in [2.45, 2.75) is 6.54 Å². The molecule has 0 atom stereocenters. The number of rotatable bonds is 4. The number of ether oxygens (including phenoxy) is 1. The van der Waals surface area contributed by atoms with Crippen LogP contribution in [0.5, 0.6) is 5.88 Å². The highest BCUT2D eigenvalue weighted by Gasteiger charge is 2.15. The summed E-state index contributed by atoms with van der Waals surface area (Å²) in [6.45, 7) is -0.562. The first-order valence-electron chi connectivity index (χ1n) is 3.59. The van der Waals surface area contributed by atoms with E-state index in [1.807, 2.05) is 0 Å².